The number of hydrogen-bond acceptors (Lipinski definition) is 4. The third-order valence-corrected chi connectivity index (χ3v) is 2.35. The maximum absolute atomic E-state index is 9.06. The summed E-state index contributed by atoms with van der Waals surface area (Å²) in [4.78, 5) is 2.07. The first-order chi connectivity index (χ1) is 6.92. The summed E-state index contributed by atoms with van der Waals surface area (Å²) < 4.78 is 10.5. The summed E-state index contributed by atoms with van der Waals surface area (Å²) in [6.45, 7) is 2.97. The largest absolute Gasteiger partial charge is 0.467 e. The molecule has 4 heteroatoms. The first kappa shape index (κ1) is 9.25. The first-order valence-corrected chi connectivity index (χ1v) is 4.66. The fourth-order valence-corrected chi connectivity index (χ4v) is 1.61. The molecule has 0 spiro atoms. The molecule has 14 heavy (non-hydrogen) atoms. The molecular formula is C10H12N2O2. The Bertz CT molecular complexity index is 309. The summed E-state index contributed by atoms with van der Waals surface area (Å²) in [7, 11) is 0. The molecule has 1 aromatic rings. The quantitative estimate of drug-likeness (QED) is 0.706. The molecule has 0 saturated carbocycles. The predicted molar refractivity (Wildman–Crippen MR) is 49.5 cm³/mol. The van der Waals surface area contributed by atoms with Crippen molar-refractivity contribution in [2.75, 3.05) is 26.3 Å². The maximum Gasteiger partial charge on any atom is 0.157 e. The minimum Gasteiger partial charge on any atom is -0.467 e. The first-order valence-electron chi connectivity index (χ1n) is 4.66. The lowest BCUT2D eigenvalue weighted by Gasteiger charge is -2.29. The molecule has 1 aliphatic heterocycles. The lowest BCUT2D eigenvalue weighted by Crippen LogP contribution is -2.38. The normalized spacial score (nSPS) is 20.2. The van der Waals surface area contributed by atoms with Gasteiger partial charge in [-0.3, -0.25) is 4.90 Å². The van der Waals surface area contributed by atoms with Gasteiger partial charge in [0, 0.05) is 13.1 Å². The van der Waals surface area contributed by atoms with Crippen molar-refractivity contribution in [1.82, 2.24) is 4.90 Å². The molecular weight excluding hydrogens is 180 g/mol. The third-order valence-electron chi connectivity index (χ3n) is 2.35. The molecule has 1 aromatic heterocycles. The minimum absolute atomic E-state index is 0.270. The fourth-order valence-electron chi connectivity index (χ4n) is 1.61. The Morgan fingerprint density at radius 1 is 1.43 bits per heavy atom. The molecule has 1 fully saturated rings. The second-order valence-corrected chi connectivity index (χ2v) is 3.20. The van der Waals surface area contributed by atoms with Crippen molar-refractivity contribution in [3.8, 4) is 6.07 Å². The third kappa shape index (κ3) is 1.79. The van der Waals surface area contributed by atoms with E-state index in [-0.39, 0.29) is 6.04 Å². The number of nitriles is 1. The minimum atomic E-state index is -0.270. The Kier molecular flexibility index (Phi) is 2.82. The smallest absolute Gasteiger partial charge is 0.157 e. The van der Waals surface area contributed by atoms with Crippen LogP contribution in [-0.4, -0.2) is 31.2 Å². The van der Waals surface area contributed by atoms with Gasteiger partial charge in [-0.15, -0.1) is 0 Å². The van der Waals surface area contributed by atoms with Gasteiger partial charge in [0.15, 0.2) is 6.04 Å². The standard InChI is InChI=1S/C10H12N2O2/c11-8-9(10-2-1-5-14-10)12-3-6-13-7-4-12/h1-2,5,9H,3-4,6-7H2/t9-/m0/s1. The van der Waals surface area contributed by atoms with Crippen molar-refractivity contribution in [3.05, 3.63) is 24.2 Å². The number of nitrogens with zero attached hydrogens (tertiary/aromatic N) is 2. The number of ether oxygens (including phenoxy) is 1. The van der Waals surface area contributed by atoms with Crippen molar-refractivity contribution in [1.29, 1.82) is 5.26 Å². The van der Waals surface area contributed by atoms with Crippen LogP contribution >= 0.6 is 0 Å². The fraction of sp³-hybridized carbons (Fsp3) is 0.500. The van der Waals surface area contributed by atoms with Crippen molar-refractivity contribution in [2.45, 2.75) is 6.04 Å². The summed E-state index contributed by atoms with van der Waals surface area (Å²) >= 11 is 0. The maximum atomic E-state index is 9.06. The van der Waals surface area contributed by atoms with Crippen LogP contribution in [0.3, 0.4) is 0 Å². The van der Waals surface area contributed by atoms with E-state index in [4.69, 9.17) is 14.4 Å². The van der Waals surface area contributed by atoms with Crippen LogP contribution in [0.4, 0.5) is 0 Å². The SMILES string of the molecule is N#C[C@@H](c1ccco1)N1CCOCC1. The van der Waals surface area contributed by atoms with Crippen molar-refractivity contribution in [3.63, 3.8) is 0 Å². The van der Waals surface area contributed by atoms with Gasteiger partial charge in [-0.05, 0) is 12.1 Å². The zero-order chi connectivity index (χ0) is 9.80. The van der Waals surface area contributed by atoms with Gasteiger partial charge in [0.25, 0.3) is 0 Å². The van der Waals surface area contributed by atoms with E-state index in [2.05, 4.69) is 11.0 Å². The van der Waals surface area contributed by atoms with Crippen LogP contribution in [0.1, 0.15) is 11.8 Å². The van der Waals surface area contributed by atoms with Crippen LogP contribution in [-0.2, 0) is 4.74 Å². The molecule has 0 aromatic carbocycles. The van der Waals surface area contributed by atoms with E-state index in [9.17, 15) is 0 Å². The molecule has 0 amide bonds. The van der Waals surface area contributed by atoms with Gasteiger partial charge in [-0.2, -0.15) is 5.26 Å². The number of rotatable bonds is 2. The highest BCUT2D eigenvalue weighted by molar-refractivity contribution is 5.13. The molecule has 0 unspecified atom stereocenters. The highest BCUT2D eigenvalue weighted by Crippen LogP contribution is 2.20. The van der Waals surface area contributed by atoms with Crippen LogP contribution in [0, 0.1) is 11.3 Å². The number of morpholine rings is 1. The van der Waals surface area contributed by atoms with Gasteiger partial charge in [-0.1, -0.05) is 0 Å². The second-order valence-electron chi connectivity index (χ2n) is 3.20. The highest BCUT2D eigenvalue weighted by Gasteiger charge is 2.23. The summed E-state index contributed by atoms with van der Waals surface area (Å²) in [6.07, 6.45) is 1.60. The molecule has 1 aliphatic rings. The van der Waals surface area contributed by atoms with E-state index in [0.29, 0.717) is 13.2 Å². The van der Waals surface area contributed by atoms with Crippen molar-refractivity contribution >= 4 is 0 Å². The molecule has 1 atom stereocenters. The monoisotopic (exact) mass is 192 g/mol. The van der Waals surface area contributed by atoms with Crippen LogP contribution in [0.15, 0.2) is 22.8 Å². The Labute approximate surface area is 82.7 Å². The highest BCUT2D eigenvalue weighted by atomic mass is 16.5. The molecule has 0 radical (unpaired) electrons. The lowest BCUT2D eigenvalue weighted by atomic mass is 10.2. The molecule has 2 heterocycles. The van der Waals surface area contributed by atoms with Crippen molar-refractivity contribution in [2.24, 2.45) is 0 Å². The second kappa shape index (κ2) is 4.27. The molecule has 74 valence electrons. The molecule has 1 saturated heterocycles. The van der Waals surface area contributed by atoms with Gasteiger partial charge >= 0.3 is 0 Å². The van der Waals surface area contributed by atoms with E-state index in [1.807, 2.05) is 6.07 Å². The zero-order valence-corrected chi connectivity index (χ0v) is 7.85. The number of hydrogen-bond donors (Lipinski definition) is 0. The van der Waals surface area contributed by atoms with E-state index in [0.717, 1.165) is 18.8 Å². The van der Waals surface area contributed by atoms with E-state index in [1.54, 1.807) is 12.3 Å². The van der Waals surface area contributed by atoms with Gasteiger partial charge in [-0.25, -0.2) is 0 Å². The molecule has 0 bridgehead atoms. The van der Waals surface area contributed by atoms with Gasteiger partial charge < -0.3 is 9.15 Å². The van der Waals surface area contributed by atoms with E-state index in [1.165, 1.54) is 0 Å². The summed E-state index contributed by atoms with van der Waals surface area (Å²) in [5.41, 5.74) is 0. The van der Waals surface area contributed by atoms with Crippen LogP contribution < -0.4 is 0 Å². The van der Waals surface area contributed by atoms with Gasteiger partial charge in [0.05, 0.1) is 25.5 Å². The van der Waals surface area contributed by atoms with Crippen LogP contribution in [0.2, 0.25) is 0 Å². The topological polar surface area (TPSA) is 49.4 Å². The Morgan fingerprint density at radius 2 is 2.21 bits per heavy atom. The predicted octanol–water partition coefficient (Wildman–Crippen LogP) is 1.18. The van der Waals surface area contributed by atoms with Gasteiger partial charge in [0.2, 0.25) is 0 Å². The average Bonchev–Trinajstić information content (AvgIpc) is 2.74. The summed E-state index contributed by atoms with van der Waals surface area (Å²) in [5, 5.41) is 9.06. The Balaban J connectivity index is 2.09. The molecule has 0 N–H and O–H groups in total. The number of furan rings is 1. The Morgan fingerprint density at radius 3 is 2.79 bits per heavy atom. The Hall–Kier alpha value is -1.31. The zero-order valence-electron chi connectivity index (χ0n) is 7.85. The van der Waals surface area contributed by atoms with Crippen LogP contribution in [0.5, 0.6) is 0 Å². The summed E-state index contributed by atoms with van der Waals surface area (Å²) in [6, 6.07) is 5.62. The molecule has 4 nitrogen and oxygen atoms in total. The van der Waals surface area contributed by atoms with Crippen molar-refractivity contribution < 1.29 is 9.15 Å². The van der Waals surface area contributed by atoms with Crippen LogP contribution in [0.25, 0.3) is 0 Å². The lowest BCUT2D eigenvalue weighted by molar-refractivity contribution is 0.0231. The van der Waals surface area contributed by atoms with E-state index >= 15 is 0 Å². The molecule has 0 aliphatic carbocycles. The van der Waals surface area contributed by atoms with E-state index < -0.39 is 0 Å². The molecule has 2 rings (SSSR count). The summed E-state index contributed by atoms with van der Waals surface area (Å²) in [5.74, 6) is 0.717. The van der Waals surface area contributed by atoms with Gasteiger partial charge in [0.1, 0.15) is 5.76 Å². The average molecular weight is 192 g/mol.